The van der Waals surface area contributed by atoms with Gasteiger partial charge in [-0.3, -0.25) is 0 Å². The second-order valence-electron chi connectivity index (χ2n) is 4.64. The van der Waals surface area contributed by atoms with Crippen molar-refractivity contribution < 1.29 is 4.79 Å². The highest BCUT2D eigenvalue weighted by Gasteiger charge is 2.08. The fourth-order valence-electron chi connectivity index (χ4n) is 1.18. The third-order valence-electron chi connectivity index (χ3n) is 1.97. The van der Waals surface area contributed by atoms with E-state index in [0.717, 1.165) is 12.8 Å². The summed E-state index contributed by atoms with van der Waals surface area (Å²) < 4.78 is 0. The Morgan fingerprint density at radius 1 is 1.00 bits per heavy atom. The Morgan fingerprint density at radius 2 is 1.57 bits per heavy atom. The Labute approximate surface area is 87.6 Å². The van der Waals surface area contributed by atoms with Crippen LogP contribution in [0.5, 0.6) is 0 Å². The summed E-state index contributed by atoms with van der Waals surface area (Å²) in [5.74, 6) is 0.701. The predicted molar refractivity (Wildman–Crippen MR) is 60.3 cm³/mol. The van der Waals surface area contributed by atoms with Crippen LogP contribution in [0.3, 0.4) is 0 Å². The van der Waals surface area contributed by atoms with E-state index in [1.54, 1.807) is 0 Å². The minimum absolute atomic E-state index is 0.0590. The molecule has 0 aliphatic heterocycles. The van der Waals surface area contributed by atoms with Crippen molar-refractivity contribution in [1.29, 1.82) is 0 Å². The number of amides is 2. The average Bonchev–Trinajstić information content (AvgIpc) is 1.98. The topological polar surface area (TPSA) is 41.1 Å². The number of carbonyl (C=O) groups excluding carboxylic acids is 1. The first-order valence-corrected chi connectivity index (χ1v) is 5.48. The van der Waals surface area contributed by atoms with E-state index in [0.29, 0.717) is 5.92 Å². The summed E-state index contributed by atoms with van der Waals surface area (Å²) in [5, 5.41) is 5.73. The first-order valence-electron chi connectivity index (χ1n) is 5.48. The fourth-order valence-corrected chi connectivity index (χ4v) is 1.18. The summed E-state index contributed by atoms with van der Waals surface area (Å²) in [6, 6.07) is 0.403. The van der Waals surface area contributed by atoms with Crippen LogP contribution in [-0.4, -0.2) is 18.1 Å². The van der Waals surface area contributed by atoms with Crippen molar-refractivity contribution >= 4 is 6.03 Å². The Morgan fingerprint density at radius 3 is 2.00 bits per heavy atom. The molecular formula is C11H24N2O. The lowest BCUT2D eigenvalue weighted by Crippen LogP contribution is -2.43. The van der Waals surface area contributed by atoms with E-state index in [9.17, 15) is 4.79 Å². The van der Waals surface area contributed by atoms with E-state index in [4.69, 9.17) is 0 Å². The Hall–Kier alpha value is -0.730. The normalized spacial score (nSPS) is 13.1. The summed E-state index contributed by atoms with van der Waals surface area (Å²) in [7, 11) is 0. The quantitative estimate of drug-likeness (QED) is 0.703. The molecule has 0 saturated heterocycles. The maximum absolute atomic E-state index is 11.3. The van der Waals surface area contributed by atoms with Gasteiger partial charge in [0.05, 0.1) is 0 Å². The minimum atomic E-state index is -0.0590. The lowest BCUT2D eigenvalue weighted by atomic mass is 10.0. The van der Waals surface area contributed by atoms with Crippen molar-refractivity contribution in [3.05, 3.63) is 0 Å². The van der Waals surface area contributed by atoms with Crippen molar-refractivity contribution in [3.63, 3.8) is 0 Å². The molecule has 0 aliphatic carbocycles. The second-order valence-corrected chi connectivity index (χ2v) is 4.64. The van der Waals surface area contributed by atoms with Gasteiger partial charge in [-0.2, -0.15) is 0 Å². The molecule has 0 aliphatic rings. The van der Waals surface area contributed by atoms with Crippen LogP contribution < -0.4 is 10.6 Å². The molecule has 0 bridgehead atoms. The highest BCUT2D eigenvalue weighted by Crippen LogP contribution is 2.06. The van der Waals surface area contributed by atoms with Gasteiger partial charge in [-0.25, -0.2) is 4.79 Å². The molecule has 0 saturated carbocycles. The van der Waals surface area contributed by atoms with E-state index >= 15 is 0 Å². The van der Waals surface area contributed by atoms with E-state index in [2.05, 4.69) is 24.5 Å². The van der Waals surface area contributed by atoms with Gasteiger partial charge >= 0.3 is 6.03 Å². The summed E-state index contributed by atoms with van der Waals surface area (Å²) >= 11 is 0. The van der Waals surface area contributed by atoms with E-state index in [-0.39, 0.29) is 18.1 Å². The standard InChI is InChI=1S/C11H24N2O/c1-8(2)6-7-10(5)13-11(14)12-9(3)4/h8-10H,6-7H2,1-5H3,(H2,12,13,14). The molecule has 0 heterocycles. The summed E-state index contributed by atoms with van der Waals surface area (Å²) in [6.07, 6.45) is 2.20. The highest BCUT2D eigenvalue weighted by molar-refractivity contribution is 5.74. The minimum Gasteiger partial charge on any atom is -0.336 e. The van der Waals surface area contributed by atoms with Crippen molar-refractivity contribution in [1.82, 2.24) is 10.6 Å². The van der Waals surface area contributed by atoms with Crippen LogP contribution in [0.25, 0.3) is 0 Å². The average molecular weight is 200 g/mol. The van der Waals surface area contributed by atoms with Crippen LogP contribution in [0, 0.1) is 5.92 Å². The molecular weight excluding hydrogens is 176 g/mol. The third-order valence-corrected chi connectivity index (χ3v) is 1.97. The highest BCUT2D eigenvalue weighted by atomic mass is 16.2. The van der Waals surface area contributed by atoms with Crippen molar-refractivity contribution in [3.8, 4) is 0 Å². The van der Waals surface area contributed by atoms with Crippen LogP contribution in [0.15, 0.2) is 0 Å². The number of nitrogens with one attached hydrogen (secondary N) is 2. The summed E-state index contributed by atoms with van der Waals surface area (Å²) in [4.78, 5) is 11.3. The van der Waals surface area contributed by atoms with Gasteiger partial charge in [0, 0.05) is 12.1 Å². The summed E-state index contributed by atoms with van der Waals surface area (Å²) in [6.45, 7) is 10.3. The molecule has 14 heavy (non-hydrogen) atoms. The zero-order valence-electron chi connectivity index (χ0n) is 10.1. The van der Waals surface area contributed by atoms with Crippen molar-refractivity contribution in [2.24, 2.45) is 5.92 Å². The van der Waals surface area contributed by atoms with Gasteiger partial charge in [-0.1, -0.05) is 13.8 Å². The molecule has 0 aromatic heterocycles. The van der Waals surface area contributed by atoms with Crippen LogP contribution in [0.2, 0.25) is 0 Å². The smallest absolute Gasteiger partial charge is 0.315 e. The van der Waals surface area contributed by atoms with Crippen molar-refractivity contribution in [2.45, 2.75) is 59.5 Å². The van der Waals surface area contributed by atoms with E-state index < -0.39 is 0 Å². The van der Waals surface area contributed by atoms with Crippen LogP contribution >= 0.6 is 0 Å². The molecule has 2 amide bonds. The maximum atomic E-state index is 11.3. The second kappa shape index (κ2) is 6.68. The van der Waals surface area contributed by atoms with Gasteiger partial charge in [0.25, 0.3) is 0 Å². The van der Waals surface area contributed by atoms with Gasteiger partial charge < -0.3 is 10.6 Å². The van der Waals surface area contributed by atoms with Gasteiger partial charge in [0.15, 0.2) is 0 Å². The number of carbonyl (C=O) groups is 1. The number of rotatable bonds is 5. The third kappa shape index (κ3) is 7.90. The molecule has 0 rings (SSSR count). The molecule has 1 unspecified atom stereocenters. The molecule has 3 nitrogen and oxygen atoms in total. The van der Waals surface area contributed by atoms with Crippen LogP contribution in [0.4, 0.5) is 4.79 Å². The van der Waals surface area contributed by atoms with Gasteiger partial charge in [-0.05, 0) is 39.5 Å². The molecule has 2 N–H and O–H groups in total. The molecule has 0 fully saturated rings. The van der Waals surface area contributed by atoms with Crippen LogP contribution in [0.1, 0.15) is 47.5 Å². The Kier molecular flexibility index (Phi) is 6.34. The number of urea groups is 1. The monoisotopic (exact) mass is 200 g/mol. The zero-order chi connectivity index (χ0) is 11.1. The summed E-state index contributed by atoms with van der Waals surface area (Å²) in [5.41, 5.74) is 0. The lowest BCUT2D eigenvalue weighted by molar-refractivity contribution is 0.234. The fraction of sp³-hybridized carbons (Fsp3) is 0.909. The lowest BCUT2D eigenvalue weighted by Gasteiger charge is -2.16. The Balaban J connectivity index is 3.60. The van der Waals surface area contributed by atoms with Gasteiger partial charge in [-0.15, -0.1) is 0 Å². The predicted octanol–water partition coefficient (Wildman–Crippen LogP) is 2.52. The molecule has 0 aromatic rings. The molecule has 3 heteroatoms. The largest absolute Gasteiger partial charge is 0.336 e. The first kappa shape index (κ1) is 13.3. The van der Waals surface area contributed by atoms with Crippen molar-refractivity contribution in [2.75, 3.05) is 0 Å². The zero-order valence-corrected chi connectivity index (χ0v) is 10.1. The SMILES string of the molecule is CC(C)CCC(C)NC(=O)NC(C)C. The molecule has 84 valence electrons. The molecule has 0 aromatic carbocycles. The van der Waals surface area contributed by atoms with E-state index in [1.807, 2.05) is 20.8 Å². The van der Waals surface area contributed by atoms with Gasteiger partial charge in [0.1, 0.15) is 0 Å². The molecule has 0 radical (unpaired) electrons. The van der Waals surface area contributed by atoms with E-state index in [1.165, 1.54) is 0 Å². The molecule has 0 spiro atoms. The Bertz CT molecular complexity index is 167. The van der Waals surface area contributed by atoms with Gasteiger partial charge in [0.2, 0.25) is 0 Å². The first-order chi connectivity index (χ1) is 6.41. The number of hydrogen-bond acceptors (Lipinski definition) is 1. The van der Waals surface area contributed by atoms with Crippen LogP contribution in [-0.2, 0) is 0 Å². The maximum Gasteiger partial charge on any atom is 0.315 e. The molecule has 1 atom stereocenters. The number of hydrogen-bond donors (Lipinski definition) is 2.